The van der Waals surface area contributed by atoms with Crippen LogP contribution in [0.3, 0.4) is 0 Å². The Morgan fingerprint density at radius 3 is 2.33 bits per heavy atom. The standard InChI is InChI=1S/C12H26B2O/c1-6-9-10-11(7-2)13-14-12(4,5)15-8-3/h11H,6-10H2,1-5H3. The van der Waals surface area contributed by atoms with E-state index in [2.05, 4.69) is 42.0 Å². The molecule has 15 heavy (non-hydrogen) atoms. The van der Waals surface area contributed by atoms with Gasteiger partial charge in [-0.3, -0.25) is 0 Å². The molecule has 1 nitrogen and oxygen atoms in total. The van der Waals surface area contributed by atoms with Crippen LogP contribution in [-0.4, -0.2) is 26.4 Å². The summed E-state index contributed by atoms with van der Waals surface area (Å²) in [6, 6.07) is 0. The summed E-state index contributed by atoms with van der Waals surface area (Å²) in [6.07, 6.45) is 5.17. The molecule has 3 heteroatoms. The predicted octanol–water partition coefficient (Wildman–Crippen LogP) is 3.47. The zero-order valence-electron chi connectivity index (χ0n) is 11.2. The summed E-state index contributed by atoms with van der Waals surface area (Å²) in [5, 5.41) is 0. The van der Waals surface area contributed by atoms with Gasteiger partial charge in [0.15, 0.2) is 0 Å². The van der Waals surface area contributed by atoms with E-state index in [0.717, 1.165) is 12.4 Å². The van der Waals surface area contributed by atoms with Gasteiger partial charge in [-0.15, -0.1) is 0 Å². The molecule has 0 saturated heterocycles. The first-order valence-electron chi connectivity index (χ1n) is 6.39. The second kappa shape index (κ2) is 8.27. The summed E-state index contributed by atoms with van der Waals surface area (Å²) in [5.41, 5.74) is -0.103. The van der Waals surface area contributed by atoms with E-state index in [-0.39, 0.29) is 5.50 Å². The highest BCUT2D eigenvalue weighted by molar-refractivity contribution is 7.02. The molecule has 1 unspecified atom stereocenters. The van der Waals surface area contributed by atoms with Crippen molar-refractivity contribution in [2.24, 2.45) is 0 Å². The molecule has 86 valence electrons. The van der Waals surface area contributed by atoms with Gasteiger partial charge < -0.3 is 4.74 Å². The number of hydrogen-bond donors (Lipinski definition) is 0. The van der Waals surface area contributed by atoms with Gasteiger partial charge in [0.05, 0.1) is 7.17 Å². The molecule has 0 rings (SSSR count). The Hall–Kier alpha value is 0.0899. The molecule has 0 aliphatic carbocycles. The molecule has 0 aromatic rings. The van der Waals surface area contributed by atoms with Gasteiger partial charge in [0, 0.05) is 12.1 Å². The number of unbranched alkanes of at least 4 members (excludes halogenated alkanes) is 1. The van der Waals surface area contributed by atoms with E-state index in [1.165, 1.54) is 25.7 Å². The van der Waals surface area contributed by atoms with E-state index in [1.54, 1.807) is 0 Å². The Kier molecular flexibility index (Phi) is 8.32. The summed E-state index contributed by atoms with van der Waals surface area (Å²) in [7, 11) is 4.56. The van der Waals surface area contributed by atoms with Crippen LogP contribution in [0.1, 0.15) is 60.3 Å². The van der Waals surface area contributed by atoms with Crippen molar-refractivity contribution in [3.05, 3.63) is 0 Å². The molecule has 0 bridgehead atoms. The van der Waals surface area contributed by atoms with Crippen LogP contribution in [0.15, 0.2) is 0 Å². The Bertz CT molecular complexity index is 149. The van der Waals surface area contributed by atoms with Crippen LogP contribution >= 0.6 is 0 Å². The summed E-state index contributed by atoms with van der Waals surface area (Å²) in [5.74, 6) is 0.727. The summed E-state index contributed by atoms with van der Waals surface area (Å²) < 4.78 is 5.64. The molecule has 0 aliphatic heterocycles. The summed E-state index contributed by atoms with van der Waals surface area (Å²) in [6.45, 7) is 11.6. The van der Waals surface area contributed by atoms with Gasteiger partial charge in [0.2, 0.25) is 0 Å². The molecule has 0 spiro atoms. The fourth-order valence-corrected chi connectivity index (χ4v) is 1.69. The van der Waals surface area contributed by atoms with Crippen molar-refractivity contribution in [1.82, 2.24) is 0 Å². The topological polar surface area (TPSA) is 9.23 Å². The average Bonchev–Trinajstić information content (AvgIpc) is 2.18. The van der Waals surface area contributed by atoms with Gasteiger partial charge in [-0.05, 0) is 20.8 Å². The van der Waals surface area contributed by atoms with Crippen molar-refractivity contribution < 1.29 is 4.74 Å². The van der Waals surface area contributed by atoms with E-state index in [1.807, 2.05) is 6.92 Å². The third-order valence-electron chi connectivity index (χ3n) is 2.74. The minimum absolute atomic E-state index is 0.103. The van der Waals surface area contributed by atoms with Crippen molar-refractivity contribution in [3.8, 4) is 0 Å². The summed E-state index contributed by atoms with van der Waals surface area (Å²) >= 11 is 0. The smallest absolute Gasteiger partial charge is 0.109 e. The molecule has 0 aromatic heterocycles. The Labute approximate surface area is 97.8 Å². The first-order chi connectivity index (χ1) is 7.05. The summed E-state index contributed by atoms with van der Waals surface area (Å²) in [4.78, 5) is 0. The highest BCUT2D eigenvalue weighted by atomic mass is 16.5. The van der Waals surface area contributed by atoms with E-state index < -0.39 is 0 Å². The van der Waals surface area contributed by atoms with Crippen molar-refractivity contribution in [1.29, 1.82) is 0 Å². The Balaban J connectivity index is 3.77. The van der Waals surface area contributed by atoms with Crippen LogP contribution in [-0.2, 0) is 4.74 Å². The molecular weight excluding hydrogens is 182 g/mol. The molecule has 0 heterocycles. The highest BCUT2D eigenvalue weighted by Crippen LogP contribution is 2.19. The predicted molar refractivity (Wildman–Crippen MR) is 70.8 cm³/mol. The monoisotopic (exact) mass is 208 g/mol. The molecule has 0 amide bonds. The number of hydrogen-bond acceptors (Lipinski definition) is 1. The van der Waals surface area contributed by atoms with Crippen LogP contribution in [0.5, 0.6) is 0 Å². The minimum atomic E-state index is -0.103. The van der Waals surface area contributed by atoms with E-state index >= 15 is 0 Å². The lowest BCUT2D eigenvalue weighted by molar-refractivity contribution is 0.0543. The van der Waals surface area contributed by atoms with Crippen molar-refractivity contribution in [3.63, 3.8) is 0 Å². The zero-order chi connectivity index (χ0) is 11.7. The fraction of sp³-hybridized carbons (Fsp3) is 1.00. The quantitative estimate of drug-likeness (QED) is 0.527. The third kappa shape index (κ3) is 7.96. The van der Waals surface area contributed by atoms with Crippen molar-refractivity contribution >= 4 is 14.3 Å². The zero-order valence-corrected chi connectivity index (χ0v) is 11.2. The molecule has 0 fully saturated rings. The maximum absolute atomic E-state index is 5.64. The van der Waals surface area contributed by atoms with Crippen LogP contribution in [0.2, 0.25) is 5.82 Å². The maximum Gasteiger partial charge on any atom is 0.109 e. The fourth-order valence-electron chi connectivity index (χ4n) is 1.69. The lowest BCUT2D eigenvalue weighted by atomic mass is 9.28. The first-order valence-corrected chi connectivity index (χ1v) is 6.39. The van der Waals surface area contributed by atoms with Crippen LogP contribution in [0.4, 0.5) is 0 Å². The second-order valence-corrected chi connectivity index (χ2v) is 4.71. The second-order valence-electron chi connectivity index (χ2n) is 4.71. The molecule has 0 saturated carbocycles. The van der Waals surface area contributed by atoms with Gasteiger partial charge >= 0.3 is 0 Å². The van der Waals surface area contributed by atoms with Crippen molar-refractivity contribution in [2.75, 3.05) is 6.61 Å². The van der Waals surface area contributed by atoms with Crippen molar-refractivity contribution in [2.45, 2.75) is 71.6 Å². The Morgan fingerprint density at radius 1 is 1.20 bits per heavy atom. The lowest BCUT2D eigenvalue weighted by Gasteiger charge is -2.26. The first kappa shape index (κ1) is 15.1. The lowest BCUT2D eigenvalue weighted by Crippen LogP contribution is -2.37. The molecule has 0 aromatic carbocycles. The van der Waals surface area contributed by atoms with Gasteiger partial charge in [-0.25, -0.2) is 0 Å². The Morgan fingerprint density at radius 2 is 1.87 bits per heavy atom. The normalized spacial score (nSPS) is 13.7. The largest absolute Gasteiger partial charge is 0.386 e. The third-order valence-corrected chi connectivity index (χ3v) is 2.74. The van der Waals surface area contributed by atoms with E-state index in [0.29, 0.717) is 0 Å². The van der Waals surface area contributed by atoms with E-state index in [9.17, 15) is 0 Å². The maximum atomic E-state index is 5.64. The molecule has 0 aliphatic rings. The number of rotatable bonds is 9. The molecule has 1 atom stereocenters. The van der Waals surface area contributed by atoms with E-state index in [4.69, 9.17) is 4.74 Å². The molecule has 2 radical (unpaired) electrons. The van der Waals surface area contributed by atoms with Crippen LogP contribution < -0.4 is 0 Å². The molecule has 0 N–H and O–H groups in total. The minimum Gasteiger partial charge on any atom is -0.386 e. The van der Waals surface area contributed by atoms with Gasteiger partial charge in [0.1, 0.15) is 7.17 Å². The van der Waals surface area contributed by atoms with Gasteiger partial charge in [-0.2, -0.15) is 0 Å². The van der Waals surface area contributed by atoms with Gasteiger partial charge in [0.25, 0.3) is 0 Å². The SMILES string of the molecule is CCCCC([B][B]C(C)(C)OCC)CC. The van der Waals surface area contributed by atoms with Crippen LogP contribution in [0.25, 0.3) is 0 Å². The van der Waals surface area contributed by atoms with Crippen LogP contribution in [0, 0.1) is 0 Å². The average molecular weight is 208 g/mol. The molecular formula is C12H26B2O. The van der Waals surface area contributed by atoms with Gasteiger partial charge in [-0.1, -0.05) is 45.3 Å². The number of ether oxygens (including phenoxy) is 1. The highest BCUT2D eigenvalue weighted by Gasteiger charge is 2.20.